The number of imidazole rings is 1. The van der Waals surface area contributed by atoms with Gasteiger partial charge in [0.05, 0.1) is 11.7 Å². The maximum absolute atomic E-state index is 5.30. The molecule has 0 unspecified atom stereocenters. The Morgan fingerprint density at radius 3 is 3.04 bits per heavy atom. The number of hydrogen-bond acceptors (Lipinski definition) is 6. The van der Waals surface area contributed by atoms with E-state index in [-0.39, 0.29) is 6.04 Å². The van der Waals surface area contributed by atoms with Crippen LogP contribution in [0.5, 0.6) is 0 Å². The van der Waals surface area contributed by atoms with E-state index < -0.39 is 0 Å². The van der Waals surface area contributed by atoms with Gasteiger partial charge in [-0.2, -0.15) is 4.98 Å². The first-order chi connectivity index (χ1) is 11.3. The highest BCUT2D eigenvalue weighted by atomic mass is 16.5. The van der Waals surface area contributed by atoms with E-state index in [1.807, 2.05) is 19.3 Å². The van der Waals surface area contributed by atoms with Crippen LogP contribution in [0.2, 0.25) is 0 Å². The molecule has 120 valence electrons. The molecule has 3 aromatic heterocycles. The zero-order valence-corrected chi connectivity index (χ0v) is 13.4. The Hall–Kier alpha value is -2.44. The minimum atomic E-state index is 0.228. The molecule has 1 fully saturated rings. The summed E-state index contributed by atoms with van der Waals surface area (Å²) in [5.41, 5.74) is 1.38. The Kier molecular flexibility index (Phi) is 3.48. The molecule has 7 nitrogen and oxygen atoms in total. The summed E-state index contributed by atoms with van der Waals surface area (Å²) in [7, 11) is 0. The maximum atomic E-state index is 5.30. The topological polar surface area (TPSA) is 72.9 Å². The summed E-state index contributed by atoms with van der Waals surface area (Å²) in [6.45, 7) is 5.96. The minimum absolute atomic E-state index is 0.228. The van der Waals surface area contributed by atoms with E-state index in [1.165, 1.54) is 6.42 Å². The van der Waals surface area contributed by atoms with Crippen LogP contribution in [0.3, 0.4) is 0 Å². The van der Waals surface area contributed by atoms with Crippen molar-refractivity contribution >= 4 is 16.9 Å². The first kappa shape index (κ1) is 14.2. The number of aromatic nitrogens is 5. The van der Waals surface area contributed by atoms with Gasteiger partial charge in [-0.05, 0) is 33.1 Å². The van der Waals surface area contributed by atoms with Crippen molar-refractivity contribution in [2.45, 2.75) is 45.7 Å². The van der Waals surface area contributed by atoms with Gasteiger partial charge in [0.1, 0.15) is 23.4 Å². The third-order valence-electron chi connectivity index (χ3n) is 4.58. The van der Waals surface area contributed by atoms with Crippen molar-refractivity contribution in [3.63, 3.8) is 0 Å². The molecule has 0 aromatic carbocycles. The third kappa shape index (κ3) is 2.27. The van der Waals surface area contributed by atoms with Crippen molar-refractivity contribution in [1.29, 1.82) is 0 Å². The average molecular weight is 312 g/mol. The van der Waals surface area contributed by atoms with Gasteiger partial charge < -0.3 is 14.0 Å². The minimum Gasteiger partial charge on any atom is -0.346 e. The van der Waals surface area contributed by atoms with Gasteiger partial charge in [-0.15, -0.1) is 0 Å². The van der Waals surface area contributed by atoms with Gasteiger partial charge in [0.2, 0.25) is 0 Å². The van der Waals surface area contributed by atoms with Crippen LogP contribution in [0.1, 0.15) is 43.7 Å². The predicted octanol–water partition coefficient (Wildman–Crippen LogP) is 2.87. The second-order valence-electron chi connectivity index (χ2n) is 5.92. The van der Waals surface area contributed by atoms with Gasteiger partial charge in [0, 0.05) is 25.5 Å². The summed E-state index contributed by atoms with van der Waals surface area (Å²) in [5.74, 6) is 2.01. The molecule has 1 aliphatic heterocycles. The number of hydrogen-bond donors (Lipinski definition) is 0. The Balaban J connectivity index is 1.82. The smallest absolute Gasteiger partial charge is 0.263 e. The largest absolute Gasteiger partial charge is 0.346 e. The molecule has 0 N–H and O–H groups in total. The van der Waals surface area contributed by atoms with Crippen molar-refractivity contribution in [3.8, 4) is 0 Å². The van der Waals surface area contributed by atoms with Crippen LogP contribution >= 0.6 is 0 Å². The quantitative estimate of drug-likeness (QED) is 0.740. The van der Waals surface area contributed by atoms with Crippen molar-refractivity contribution in [3.05, 3.63) is 30.2 Å². The fourth-order valence-corrected chi connectivity index (χ4v) is 3.46. The fourth-order valence-electron chi connectivity index (χ4n) is 3.46. The van der Waals surface area contributed by atoms with E-state index in [9.17, 15) is 0 Å². The lowest BCUT2D eigenvalue weighted by atomic mass is 10.0. The van der Waals surface area contributed by atoms with Gasteiger partial charge in [-0.25, -0.2) is 9.97 Å². The zero-order valence-electron chi connectivity index (χ0n) is 13.4. The van der Waals surface area contributed by atoms with E-state index in [0.29, 0.717) is 5.71 Å². The lowest BCUT2D eigenvalue weighted by Gasteiger charge is -2.36. The number of aryl methyl sites for hydroxylation is 2. The van der Waals surface area contributed by atoms with Gasteiger partial charge in [0.25, 0.3) is 5.71 Å². The molecule has 0 amide bonds. The van der Waals surface area contributed by atoms with Crippen LogP contribution in [0.15, 0.2) is 23.2 Å². The normalized spacial score (nSPS) is 18.7. The number of nitrogens with zero attached hydrogens (tertiary/aromatic N) is 6. The van der Waals surface area contributed by atoms with E-state index in [4.69, 9.17) is 4.52 Å². The standard InChI is InChI=1S/C16H20N6O/c1-3-21-9-7-17-14(21)12-6-4-5-8-22(12)15-13-11(2)20-23-16(13)19-10-18-15/h7,9-10,12H,3-6,8H2,1-2H3/t12-/m1/s1. The van der Waals surface area contributed by atoms with Crippen LogP contribution in [0.25, 0.3) is 11.1 Å². The highest BCUT2D eigenvalue weighted by Crippen LogP contribution is 2.37. The molecule has 1 aliphatic rings. The summed E-state index contributed by atoms with van der Waals surface area (Å²) in [4.78, 5) is 15.7. The summed E-state index contributed by atoms with van der Waals surface area (Å²) in [5, 5.41) is 4.96. The first-order valence-corrected chi connectivity index (χ1v) is 8.14. The Morgan fingerprint density at radius 2 is 2.17 bits per heavy atom. The fraction of sp³-hybridized carbons (Fsp3) is 0.500. The molecule has 1 saturated heterocycles. The molecule has 0 bridgehead atoms. The lowest BCUT2D eigenvalue weighted by molar-refractivity contribution is 0.438. The van der Waals surface area contributed by atoms with Crippen molar-refractivity contribution in [1.82, 2.24) is 24.7 Å². The molecule has 0 aliphatic carbocycles. The predicted molar refractivity (Wildman–Crippen MR) is 86.2 cm³/mol. The highest BCUT2D eigenvalue weighted by molar-refractivity contribution is 5.88. The SMILES string of the molecule is CCn1ccnc1[C@H]1CCCCN1c1ncnc2onc(C)c12. The first-order valence-electron chi connectivity index (χ1n) is 8.14. The molecular weight excluding hydrogens is 292 g/mol. The van der Waals surface area contributed by atoms with E-state index >= 15 is 0 Å². The molecule has 3 aromatic rings. The van der Waals surface area contributed by atoms with Gasteiger partial charge in [-0.3, -0.25) is 0 Å². The third-order valence-corrected chi connectivity index (χ3v) is 4.58. The molecule has 1 atom stereocenters. The molecule has 7 heteroatoms. The Bertz CT molecular complexity index is 823. The van der Waals surface area contributed by atoms with Crippen molar-refractivity contribution in [2.24, 2.45) is 0 Å². The van der Waals surface area contributed by atoms with E-state index in [0.717, 1.165) is 48.7 Å². The summed E-state index contributed by atoms with van der Waals surface area (Å²) < 4.78 is 7.51. The number of fused-ring (bicyclic) bond motifs is 1. The molecular formula is C16H20N6O. The molecule has 0 saturated carbocycles. The monoisotopic (exact) mass is 312 g/mol. The number of piperidine rings is 1. The summed E-state index contributed by atoms with van der Waals surface area (Å²) in [6.07, 6.45) is 8.91. The van der Waals surface area contributed by atoms with Gasteiger partial charge in [-0.1, -0.05) is 5.16 Å². The molecule has 0 radical (unpaired) electrons. The molecule has 4 heterocycles. The molecule has 4 rings (SSSR count). The molecule has 23 heavy (non-hydrogen) atoms. The van der Waals surface area contributed by atoms with Crippen LogP contribution < -0.4 is 4.90 Å². The van der Waals surface area contributed by atoms with Crippen molar-refractivity contribution < 1.29 is 4.52 Å². The van der Waals surface area contributed by atoms with Gasteiger partial charge >= 0.3 is 0 Å². The average Bonchev–Trinajstić information content (AvgIpc) is 3.21. The summed E-state index contributed by atoms with van der Waals surface area (Å²) >= 11 is 0. The zero-order chi connectivity index (χ0) is 15.8. The number of anilines is 1. The van der Waals surface area contributed by atoms with Crippen LogP contribution in [-0.4, -0.2) is 31.2 Å². The van der Waals surface area contributed by atoms with Crippen LogP contribution in [0, 0.1) is 6.92 Å². The second kappa shape index (κ2) is 5.64. The van der Waals surface area contributed by atoms with E-state index in [2.05, 4.69) is 36.5 Å². The van der Waals surface area contributed by atoms with Crippen molar-refractivity contribution in [2.75, 3.05) is 11.4 Å². The number of rotatable bonds is 3. The lowest BCUT2D eigenvalue weighted by Crippen LogP contribution is -2.35. The summed E-state index contributed by atoms with van der Waals surface area (Å²) in [6, 6.07) is 0.228. The maximum Gasteiger partial charge on any atom is 0.263 e. The van der Waals surface area contributed by atoms with E-state index in [1.54, 1.807) is 6.33 Å². The Morgan fingerprint density at radius 1 is 1.26 bits per heavy atom. The Labute approximate surface area is 134 Å². The van der Waals surface area contributed by atoms with Crippen LogP contribution in [0.4, 0.5) is 5.82 Å². The highest BCUT2D eigenvalue weighted by Gasteiger charge is 2.30. The molecule has 0 spiro atoms. The second-order valence-corrected chi connectivity index (χ2v) is 5.92. The van der Waals surface area contributed by atoms with Crippen LogP contribution in [-0.2, 0) is 6.54 Å². The van der Waals surface area contributed by atoms with Gasteiger partial charge in [0.15, 0.2) is 0 Å².